The average Bonchev–Trinajstić information content (AvgIpc) is 2.65. The molecule has 98 valence electrons. The van der Waals surface area contributed by atoms with Crippen molar-refractivity contribution in [1.29, 1.82) is 0 Å². The number of fused-ring (bicyclic) bond motifs is 1. The van der Waals surface area contributed by atoms with Crippen LogP contribution in [0.1, 0.15) is 19.4 Å². The van der Waals surface area contributed by atoms with Crippen LogP contribution in [0.15, 0.2) is 23.1 Å². The number of carbonyl (C=O) groups is 1. The molecule has 18 heavy (non-hydrogen) atoms. The van der Waals surface area contributed by atoms with E-state index in [0.717, 1.165) is 0 Å². The maximum absolute atomic E-state index is 11.9. The Bertz CT molecular complexity index is 578. The Morgan fingerprint density at radius 1 is 1.39 bits per heavy atom. The number of carbonyl (C=O) groups excluding carboxylic acids is 1. The van der Waals surface area contributed by atoms with Gasteiger partial charge >= 0.3 is 0 Å². The Morgan fingerprint density at radius 2 is 2.11 bits per heavy atom. The molecule has 0 unspecified atom stereocenters. The molecule has 1 aromatic carbocycles. The first kappa shape index (κ1) is 13.0. The molecule has 1 aliphatic rings. The van der Waals surface area contributed by atoms with Gasteiger partial charge in [-0.2, -0.15) is 8.42 Å². The maximum atomic E-state index is 11.9. The van der Waals surface area contributed by atoms with E-state index in [1.54, 1.807) is 6.07 Å². The number of nitrogens with one attached hydrogen (secondary N) is 1. The molecule has 1 N–H and O–H groups in total. The molecule has 0 aliphatic carbocycles. The van der Waals surface area contributed by atoms with Crippen molar-refractivity contribution in [3.63, 3.8) is 0 Å². The standard InChI is InChI=1S/C12H15NO4S/c1-8(2)7-17-18(15,16)10-3-4-11-9(5-10)6-12(14)13-11/h3-5,8H,6-7H2,1-2H3,(H,13,14). The normalized spacial score (nSPS) is 14.7. The fraction of sp³-hybridized carbons (Fsp3) is 0.417. The van der Waals surface area contributed by atoms with E-state index in [9.17, 15) is 13.2 Å². The van der Waals surface area contributed by atoms with E-state index < -0.39 is 10.1 Å². The minimum Gasteiger partial charge on any atom is -0.326 e. The van der Waals surface area contributed by atoms with Crippen LogP contribution in [-0.4, -0.2) is 20.9 Å². The highest BCUT2D eigenvalue weighted by molar-refractivity contribution is 7.86. The van der Waals surface area contributed by atoms with Gasteiger partial charge in [0.15, 0.2) is 0 Å². The van der Waals surface area contributed by atoms with Gasteiger partial charge in [-0.1, -0.05) is 13.8 Å². The minimum atomic E-state index is -3.73. The third-order valence-corrected chi connectivity index (χ3v) is 3.82. The lowest BCUT2D eigenvalue weighted by Gasteiger charge is -2.08. The van der Waals surface area contributed by atoms with Crippen molar-refractivity contribution in [2.24, 2.45) is 5.92 Å². The summed E-state index contributed by atoms with van der Waals surface area (Å²) in [7, 11) is -3.73. The topological polar surface area (TPSA) is 72.5 Å². The second kappa shape index (κ2) is 4.70. The summed E-state index contributed by atoms with van der Waals surface area (Å²) in [6.45, 7) is 3.90. The molecule has 1 aliphatic heterocycles. The highest BCUT2D eigenvalue weighted by atomic mass is 32.2. The zero-order valence-electron chi connectivity index (χ0n) is 10.3. The van der Waals surface area contributed by atoms with Gasteiger partial charge in [-0.25, -0.2) is 0 Å². The van der Waals surface area contributed by atoms with E-state index in [-0.39, 0.29) is 29.7 Å². The first-order chi connectivity index (χ1) is 8.38. The third-order valence-electron chi connectivity index (χ3n) is 2.55. The Labute approximate surface area is 106 Å². The number of amides is 1. The highest BCUT2D eigenvalue weighted by Gasteiger charge is 2.22. The summed E-state index contributed by atoms with van der Waals surface area (Å²) < 4.78 is 28.7. The van der Waals surface area contributed by atoms with Crippen LogP contribution in [0, 0.1) is 5.92 Å². The molecule has 0 saturated heterocycles. The van der Waals surface area contributed by atoms with Crippen LogP contribution in [0.5, 0.6) is 0 Å². The average molecular weight is 269 g/mol. The highest BCUT2D eigenvalue weighted by Crippen LogP contribution is 2.26. The van der Waals surface area contributed by atoms with Crippen molar-refractivity contribution in [3.8, 4) is 0 Å². The molecule has 2 rings (SSSR count). The third kappa shape index (κ3) is 2.70. The zero-order valence-corrected chi connectivity index (χ0v) is 11.1. The number of hydrogen-bond donors (Lipinski definition) is 1. The fourth-order valence-corrected chi connectivity index (χ4v) is 2.76. The van der Waals surface area contributed by atoms with Crippen molar-refractivity contribution in [2.45, 2.75) is 25.2 Å². The van der Waals surface area contributed by atoms with Gasteiger partial charge in [0.1, 0.15) is 0 Å². The first-order valence-corrected chi connectivity index (χ1v) is 7.11. The molecular weight excluding hydrogens is 254 g/mol. The van der Waals surface area contributed by atoms with Gasteiger partial charge in [-0.05, 0) is 29.7 Å². The lowest BCUT2D eigenvalue weighted by molar-refractivity contribution is -0.115. The second-order valence-corrected chi connectivity index (χ2v) is 6.29. The molecule has 0 saturated carbocycles. The van der Waals surface area contributed by atoms with E-state index in [1.807, 2.05) is 13.8 Å². The number of anilines is 1. The van der Waals surface area contributed by atoms with Crippen LogP contribution >= 0.6 is 0 Å². The van der Waals surface area contributed by atoms with Crippen molar-refractivity contribution in [1.82, 2.24) is 0 Å². The van der Waals surface area contributed by atoms with Gasteiger partial charge in [0.05, 0.1) is 17.9 Å². The Kier molecular flexibility index (Phi) is 3.41. The van der Waals surface area contributed by atoms with Gasteiger partial charge in [-0.3, -0.25) is 8.98 Å². The van der Waals surface area contributed by atoms with E-state index in [0.29, 0.717) is 11.3 Å². The van der Waals surface area contributed by atoms with E-state index in [4.69, 9.17) is 4.18 Å². The van der Waals surface area contributed by atoms with Gasteiger partial charge in [0.25, 0.3) is 10.1 Å². The SMILES string of the molecule is CC(C)COS(=O)(=O)c1ccc2c(c1)CC(=O)N2. The molecule has 0 spiro atoms. The zero-order chi connectivity index (χ0) is 13.3. The van der Waals surface area contributed by atoms with Crippen LogP contribution < -0.4 is 5.32 Å². The van der Waals surface area contributed by atoms with Gasteiger partial charge in [-0.15, -0.1) is 0 Å². The van der Waals surface area contributed by atoms with E-state index in [2.05, 4.69) is 5.32 Å². The van der Waals surface area contributed by atoms with Gasteiger partial charge < -0.3 is 5.32 Å². The van der Waals surface area contributed by atoms with Crippen molar-refractivity contribution < 1.29 is 17.4 Å². The van der Waals surface area contributed by atoms with Crippen LogP contribution in [0.3, 0.4) is 0 Å². The minimum absolute atomic E-state index is 0.0957. The lowest BCUT2D eigenvalue weighted by atomic mass is 10.2. The Balaban J connectivity index is 2.24. The summed E-state index contributed by atoms with van der Waals surface area (Å²) >= 11 is 0. The molecule has 5 nitrogen and oxygen atoms in total. The van der Waals surface area contributed by atoms with Crippen molar-refractivity contribution in [3.05, 3.63) is 23.8 Å². The summed E-state index contributed by atoms with van der Waals surface area (Å²) in [4.78, 5) is 11.3. The van der Waals surface area contributed by atoms with Crippen LogP contribution in [-0.2, 0) is 25.5 Å². The summed E-state index contributed by atoms with van der Waals surface area (Å²) in [5.74, 6) is 0.0140. The van der Waals surface area contributed by atoms with E-state index in [1.165, 1.54) is 12.1 Å². The van der Waals surface area contributed by atoms with Crippen LogP contribution in [0.4, 0.5) is 5.69 Å². The summed E-state index contributed by atoms with van der Waals surface area (Å²) in [6.07, 6.45) is 0.211. The molecule has 0 atom stereocenters. The van der Waals surface area contributed by atoms with Crippen molar-refractivity contribution >= 4 is 21.7 Å². The molecule has 0 aromatic heterocycles. The second-order valence-electron chi connectivity index (χ2n) is 4.68. The predicted molar refractivity (Wildman–Crippen MR) is 66.8 cm³/mol. The lowest BCUT2D eigenvalue weighted by Crippen LogP contribution is -2.11. The molecule has 0 radical (unpaired) electrons. The predicted octanol–water partition coefficient (Wildman–Crippen LogP) is 1.54. The number of benzene rings is 1. The quantitative estimate of drug-likeness (QED) is 0.842. The van der Waals surface area contributed by atoms with Crippen LogP contribution in [0.2, 0.25) is 0 Å². The van der Waals surface area contributed by atoms with Crippen LogP contribution in [0.25, 0.3) is 0 Å². The smallest absolute Gasteiger partial charge is 0.296 e. The summed E-state index contributed by atoms with van der Waals surface area (Å²) in [5, 5.41) is 2.65. The largest absolute Gasteiger partial charge is 0.326 e. The first-order valence-electron chi connectivity index (χ1n) is 5.71. The summed E-state index contributed by atoms with van der Waals surface area (Å²) in [5.41, 5.74) is 1.36. The van der Waals surface area contributed by atoms with E-state index >= 15 is 0 Å². The van der Waals surface area contributed by atoms with Crippen molar-refractivity contribution in [2.75, 3.05) is 11.9 Å². The molecule has 0 bridgehead atoms. The molecule has 1 heterocycles. The maximum Gasteiger partial charge on any atom is 0.296 e. The van der Waals surface area contributed by atoms with Gasteiger partial charge in [0.2, 0.25) is 5.91 Å². The molecule has 0 fully saturated rings. The monoisotopic (exact) mass is 269 g/mol. The van der Waals surface area contributed by atoms with Gasteiger partial charge in [0, 0.05) is 5.69 Å². The molecule has 6 heteroatoms. The number of hydrogen-bond acceptors (Lipinski definition) is 4. The molecule has 1 amide bonds. The Hall–Kier alpha value is -1.40. The summed E-state index contributed by atoms with van der Waals surface area (Å²) in [6, 6.07) is 4.52. The number of rotatable bonds is 4. The molecule has 1 aromatic rings. The fourth-order valence-electron chi connectivity index (χ4n) is 1.65. The molecular formula is C12H15NO4S. The Morgan fingerprint density at radius 3 is 2.78 bits per heavy atom.